The van der Waals surface area contributed by atoms with Crippen LogP contribution in [0.5, 0.6) is 11.5 Å². The number of aromatic hydroxyl groups is 2. The highest BCUT2D eigenvalue weighted by Gasteiger charge is 2.38. The average molecular weight is 360 g/mol. The summed E-state index contributed by atoms with van der Waals surface area (Å²) in [7, 11) is 0. The van der Waals surface area contributed by atoms with Crippen molar-refractivity contribution < 1.29 is 19.8 Å². The molecular weight excluding hydrogens is 344 g/mol. The van der Waals surface area contributed by atoms with E-state index in [1.807, 2.05) is 30.3 Å². The molecule has 1 aliphatic rings. The Kier molecular flexibility index (Phi) is 3.63. The summed E-state index contributed by atoms with van der Waals surface area (Å²) in [5.41, 5.74) is 7.35. The molecule has 0 atom stereocenters. The maximum Gasteiger partial charge on any atom is 0.202 e. The summed E-state index contributed by atoms with van der Waals surface area (Å²) in [5, 5.41) is 23.7. The maximum absolute atomic E-state index is 13.2. The standard InChI is InChI=1S/C21H16N2O4/c1-10-17(22)21(27)16-15(18(10)23-11-6-3-2-4-7-11)19(25)12-8-5-9-13(24)14(12)20(16)26/h2-9,23-24,27H,22H2,1H3. The molecule has 1 aliphatic carbocycles. The Labute approximate surface area is 154 Å². The van der Waals surface area contributed by atoms with Crippen molar-refractivity contribution in [3.8, 4) is 11.5 Å². The van der Waals surface area contributed by atoms with Crippen molar-refractivity contribution in [3.05, 3.63) is 76.3 Å². The van der Waals surface area contributed by atoms with Crippen LogP contribution in [0.4, 0.5) is 17.1 Å². The molecule has 134 valence electrons. The highest BCUT2D eigenvalue weighted by atomic mass is 16.3. The van der Waals surface area contributed by atoms with Gasteiger partial charge in [-0.1, -0.05) is 30.3 Å². The number of fused-ring (bicyclic) bond motifs is 2. The van der Waals surface area contributed by atoms with Gasteiger partial charge in [-0.15, -0.1) is 0 Å². The van der Waals surface area contributed by atoms with Crippen LogP contribution < -0.4 is 11.1 Å². The molecule has 27 heavy (non-hydrogen) atoms. The minimum Gasteiger partial charge on any atom is -0.507 e. The minimum absolute atomic E-state index is 0.00667. The van der Waals surface area contributed by atoms with Crippen LogP contribution in [0.2, 0.25) is 0 Å². The van der Waals surface area contributed by atoms with Gasteiger partial charge in [0.15, 0.2) is 11.5 Å². The van der Waals surface area contributed by atoms with Gasteiger partial charge in [0, 0.05) is 16.8 Å². The summed E-state index contributed by atoms with van der Waals surface area (Å²) < 4.78 is 0. The van der Waals surface area contributed by atoms with E-state index in [1.54, 1.807) is 6.92 Å². The maximum atomic E-state index is 13.2. The van der Waals surface area contributed by atoms with E-state index in [9.17, 15) is 19.8 Å². The molecule has 0 fully saturated rings. The minimum atomic E-state index is -0.641. The lowest BCUT2D eigenvalue weighted by Crippen LogP contribution is -2.23. The molecule has 6 heteroatoms. The molecule has 0 unspecified atom stereocenters. The first-order valence-corrected chi connectivity index (χ1v) is 8.30. The van der Waals surface area contributed by atoms with E-state index >= 15 is 0 Å². The van der Waals surface area contributed by atoms with Crippen LogP contribution in [0.25, 0.3) is 0 Å². The van der Waals surface area contributed by atoms with E-state index in [4.69, 9.17) is 5.73 Å². The van der Waals surface area contributed by atoms with Crippen LogP contribution in [-0.2, 0) is 0 Å². The molecular formula is C21H16N2O4. The third-order valence-corrected chi connectivity index (χ3v) is 4.78. The Morgan fingerprint density at radius 3 is 2.26 bits per heavy atom. The molecule has 0 aromatic heterocycles. The predicted molar refractivity (Wildman–Crippen MR) is 102 cm³/mol. The molecule has 5 N–H and O–H groups in total. The SMILES string of the molecule is Cc1c(N)c(O)c2c(c1Nc1ccccc1)C(=O)c1cccc(O)c1C2=O. The van der Waals surface area contributed by atoms with Crippen LogP contribution in [0.15, 0.2) is 48.5 Å². The van der Waals surface area contributed by atoms with Crippen molar-refractivity contribution in [3.63, 3.8) is 0 Å². The number of nitrogen functional groups attached to an aromatic ring is 1. The van der Waals surface area contributed by atoms with Gasteiger partial charge >= 0.3 is 0 Å². The van der Waals surface area contributed by atoms with E-state index in [2.05, 4.69) is 5.32 Å². The average Bonchev–Trinajstić information content (AvgIpc) is 2.67. The molecule has 0 radical (unpaired) electrons. The number of hydrogen-bond acceptors (Lipinski definition) is 6. The van der Waals surface area contributed by atoms with E-state index in [1.165, 1.54) is 18.2 Å². The number of rotatable bonds is 2. The third kappa shape index (κ3) is 2.34. The van der Waals surface area contributed by atoms with Crippen molar-refractivity contribution in [1.29, 1.82) is 0 Å². The first-order chi connectivity index (χ1) is 12.9. The number of hydrogen-bond donors (Lipinski definition) is 4. The lowest BCUT2D eigenvalue weighted by Gasteiger charge is -2.25. The molecule has 4 rings (SSSR count). The Morgan fingerprint density at radius 1 is 0.852 bits per heavy atom. The number of carbonyl (C=O) groups is 2. The zero-order valence-corrected chi connectivity index (χ0v) is 14.4. The highest BCUT2D eigenvalue weighted by Crippen LogP contribution is 2.45. The van der Waals surface area contributed by atoms with Crippen LogP contribution in [0.3, 0.4) is 0 Å². The molecule has 0 heterocycles. The van der Waals surface area contributed by atoms with Gasteiger partial charge in [-0.2, -0.15) is 0 Å². The normalized spacial score (nSPS) is 12.5. The van der Waals surface area contributed by atoms with Crippen LogP contribution in [0, 0.1) is 6.92 Å². The largest absolute Gasteiger partial charge is 0.507 e. The van der Waals surface area contributed by atoms with Gasteiger partial charge in [0.1, 0.15) is 5.75 Å². The first-order valence-electron chi connectivity index (χ1n) is 8.30. The smallest absolute Gasteiger partial charge is 0.202 e. The molecule has 0 saturated carbocycles. The molecule has 0 aliphatic heterocycles. The Balaban J connectivity index is 2.03. The lowest BCUT2D eigenvalue weighted by atomic mass is 9.80. The first kappa shape index (κ1) is 16.7. The monoisotopic (exact) mass is 360 g/mol. The van der Waals surface area contributed by atoms with Gasteiger partial charge in [0.2, 0.25) is 5.78 Å². The molecule has 3 aromatic rings. The molecule has 0 bridgehead atoms. The van der Waals surface area contributed by atoms with Gasteiger partial charge in [-0.25, -0.2) is 0 Å². The topological polar surface area (TPSA) is 113 Å². The number of phenols is 2. The summed E-state index contributed by atoms with van der Waals surface area (Å²) in [4.78, 5) is 26.2. The van der Waals surface area contributed by atoms with Gasteiger partial charge in [0.05, 0.1) is 28.1 Å². The number of carbonyl (C=O) groups excluding carboxylic acids is 2. The Bertz CT molecular complexity index is 1120. The van der Waals surface area contributed by atoms with Crippen LogP contribution >= 0.6 is 0 Å². The van der Waals surface area contributed by atoms with Crippen molar-refractivity contribution in [2.24, 2.45) is 0 Å². The van der Waals surface area contributed by atoms with Gasteiger partial charge < -0.3 is 21.3 Å². The number of nitrogens with two attached hydrogens (primary N) is 1. The van der Waals surface area contributed by atoms with Gasteiger partial charge in [-0.05, 0) is 25.1 Å². The number of phenolic OH excluding ortho intramolecular Hbond substituents is 2. The molecule has 0 amide bonds. The fraction of sp³-hybridized carbons (Fsp3) is 0.0476. The number of benzene rings is 3. The quantitative estimate of drug-likeness (QED) is 0.247. The summed E-state index contributed by atoms with van der Waals surface area (Å²) in [6.07, 6.45) is 0. The Hall–Kier alpha value is -3.80. The van der Waals surface area contributed by atoms with Crippen LogP contribution in [-0.4, -0.2) is 21.8 Å². The molecule has 0 spiro atoms. The highest BCUT2D eigenvalue weighted by molar-refractivity contribution is 6.32. The second kappa shape index (κ2) is 5.88. The zero-order chi connectivity index (χ0) is 19.3. The van der Waals surface area contributed by atoms with Gasteiger partial charge in [0.25, 0.3) is 0 Å². The van der Waals surface area contributed by atoms with Crippen molar-refractivity contribution in [2.45, 2.75) is 6.92 Å². The number of anilines is 3. The number of para-hydroxylation sites is 1. The molecule has 3 aromatic carbocycles. The summed E-state index contributed by atoms with van der Waals surface area (Å²) in [5.74, 6) is -1.87. The van der Waals surface area contributed by atoms with E-state index in [-0.39, 0.29) is 33.7 Å². The number of ketones is 2. The predicted octanol–water partition coefficient (Wildman–Crippen LogP) is 3.51. The lowest BCUT2D eigenvalue weighted by molar-refractivity contribution is 0.0975. The fourth-order valence-corrected chi connectivity index (χ4v) is 3.38. The van der Waals surface area contributed by atoms with Crippen molar-refractivity contribution in [1.82, 2.24) is 0 Å². The molecule has 0 saturated heterocycles. The van der Waals surface area contributed by atoms with E-state index in [0.29, 0.717) is 16.9 Å². The second-order valence-corrected chi connectivity index (χ2v) is 6.36. The Morgan fingerprint density at radius 2 is 1.56 bits per heavy atom. The molecule has 6 nitrogen and oxygen atoms in total. The fourth-order valence-electron chi connectivity index (χ4n) is 3.38. The third-order valence-electron chi connectivity index (χ3n) is 4.78. The summed E-state index contributed by atoms with van der Waals surface area (Å²) in [6, 6.07) is 13.4. The van der Waals surface area contributed by atoms with E-state index < -0.39 is 17.3 Å². The van der Waals surface area contributed by atoms with Crippen molar-refractivity contribution in [2.75, 3.05) is 11.1 Å². The second-order valence-electron chi connectivity index (χ2n) is 6.36. The van der Waals surface area contributed by atoms with Gasteiger partial charge in [-0.3, -0.25) is 9.59 Å². The summed E-state index contributed by atoms with van der Waals surface area (Å²) in [6.45, 7) is 1.66. The summed E-state index contributed by atoms with van der Waals surface area (Å²) >= 11 is 0. The van der Waals surface area contributed by atoms with E-state index in [0.717, 1.165) is 0 Å². The van der Waals surface area contributed by atoms with Crippen molar-refractivity contribution >= 4 is 28.6 Å². The van der Waals surface area contributed by atoms with Crippen LogP contribution in [0.1, 0.15) is 37.4 Å². The number of nitrogens with one attached hydrogen (secondary N) is 1. The zero-order valence-electron chi connectivity index (χ0n) is 14.4.